The van der Waals surface area contributed by atoms with Gasteiger partial charge in [0.05, 0.1) is 11.8 Å². The molecule has 0 saturated carbocycles. The van der Waals surface area contributed by atoms with Crippen LogP contribution in [-0.4, -0.2) is 46.5 Å². The molecule has 0 aliphatic carbocycles. The molecule has 2 amide bonds. The summed E-state index contributed by atoms with van der Waals surface area (Å²) in [6.45, 7) is 1.96. The highest BCUT2D eigenvalue weighted by molar-refractivity contribution is 5.94. The Morgan fingerprint density at radius 1 is 1.26 bits per heavy atom. The third kappa shape index (κ3) is 3.74. The Morgan fingerprint density at radius 2 is 2.09 bits per heavy atom. The first-order chi connectivity index (χ1) is 11.2. The van der Waals surface area contributed by atoms with Crippen molar-refractivity contribution in [3.8, 4) is 0 Å². The van der Waals surface area contributed by atoms with E-state index in [2.05, 4.69) is 15.5 Å². The smallest absolute Gasteiger partial charge is 0.289 e. The molecule has 0 bridgehead atoms. The minimum atomic E-state index is -0.253. The lowest BCUT2D eigenvalue weighted by Crippen LogP contribution is -2.41. The maximum absolute atomic E-state index is 12.3. The van der Waals surface area contributed by atoms with Crippen LogP contribution in [-0.2, 0) is 0 Å². The second kappa shape index (κ2) is 7.04. The third-order valence-electron chi connectivity index (χ3n) is 4.02. The van der Waals surface area contributed by atoms with Gasteiger partial charge in [0.2, 0.25) is 5.76 Å². The summed E-state index contributed by atoms with van der Waals surface area (Å²) in [5, 5.41) is 6.36. The molecule has 3 heterocycles. The number of nitrogens with one attached hydrogen (secondary N) is 1. The van der Waals surface area contributed by atoms with Crippen molar-refractivity contribution in [2.45, 2.75) is 12.8 Å². The van der Waals surface area contributed by atoms with Crippen LogP contribution in [0.4, 0.5) is 0 Å². The minimum Gasteiger partial charge on any atom is -0.351 e. The van der Waals surface area contributed by atoms with Gasteiger partial charge in [0, 0.05) is 38.1 Å². The number of amides is 2. The summed E-state index contributed by atoms with van der Waals surface area (Å²) in [5.41, 5.74) is 0.615. The molecule has 0 radical (unpaired) electrons. The standard InChI is InChI=1S/C16H18N4O3/c21-15(14-3-7-19-23-14)18-10-12-4-8-20(9-5-12)16(22)13-2-1-6-17-11-13/h1-3,6-7,11-12H,4-5,8-10H2,(H,18,21). The van der Waals surface area contributed by atoms with E-state index in [4.69, 9.17) is 4.52 Å². The molecule has 1 aliphatic rings. The summed E-state index contributed by atoms with van der Waals surface area (Å²) >= 11 is 0. The van der Waals surface area contributed by atoms with Gasteiger partial charge in [-0.05, 0) is 30.9 Å². The molecule has 1 aliphatic heterocycles. The monoisotopic (exact) mass is 314 g/mol. The van der Waals surface area contributed by atoms with Gasteiger partial charge in [-0.1, -0.05) is 5.16 Å². The fourth-order valence-electron chi connectivity index (χ4n) is 2.67. The van der Waals surface area contributed by atoms with Crippen molar-refractivity contribution < 1.29 is 14.1 Å². The number of hydrogen-bond acceptors (Lipinski definition) is 5. The zero-order chi connectivity index (χ0) is 16.1. The predicted molar refractivity (Wildman–Crippen MR) is 81.7 cm³/mol. The van der Waals surface area contributed by atoms with Crippen LogP contribution in [0.5, 0.6) is 0 Å². The van der Waals surface area contributed by atoms with Crippen LogP contribution in [0.1, 0.15) is 33.8 Å². The lowest BCUT2D eigenvalue weighted by atomic mass is 9.96. The van der Waals surface area contributed by atoms with Crippen molar-refractivity contribution in [1.82, 2.24) is 20.4 Å². The van der Waals surface area contributed by atoms with Crippen molar-refractivity contribution in [2.24, 2.45) is 5.92 Å². The van der Waals surface area contributed by atoms with Gasteiger partial charge in [0.25, 0.3) is 11.8 Å². The van der Waals surface area contributed by atoms with Crippen LogP contribution in [0, 0.1) is 5.92 Å². The minimum absolute atomic E-state index is 0.0160. The van der Waals surface area contributed by atoms with Crippen LogP contribution in [0.15, 0.2) is 41.3 Å². The summed E-state index contributed by atoms with van der Waals surface area (Å²) in [4.78, 5) is 29.9. The van der Waals surface area contributed by atoms with Gasteiger partial charge in [0.15, 0.2) is 0 Å². The highest BCUT2D eigenvalue weighted by Gasteiger charge is 2.24. The summed E-state index contributed by atoms with van der Waals surface area (Å²) in [5.74, 6) is 0.340. The summed E-state index contributed by atoms with van der Waals surface area (Å²) in [6, 6.07) is 5.07. The summed E-state index contributed by atoms with van der Waals surface area (Å²) in [6.07, 6.45) is 6.41. The Morgan fingerprint density at radius 3 is 2.74 bits per heavy atom. The second-order valence-corrected chi connectivity index (χ2v) is 5.56. The molecule has 23 heavy (non-hydrogen) atoms. The molecular weight excluding hydrogens is 296 g/mol. The molecule has 0 atom stereocenters. The van der Waals surface area contributed by atoms with Crippen molar-refractivity contribution in [3.63, 3.8) is 0 Å². The Bertz CT molecular complexity index is 649. The SMILES string of the molecule is O=C(NCC1CCN(C(=O)c2cccnc2)CC1)c1ccno1. The van der Waals surface area contributed by atoms with Crippen LogP contribution < -0.4 is 5.32 Å². The highest BCUT2D eigenvalue weighted by Crippen LogP contribution is 2.18. The van der Waals surface area contributed by atoms with Gasteiger partial charge in [-0.25, -0.2) is 0 Å². The van der Waals surface area contributed by atoms with Crippen LogP contribution in [0.25, 0.3) is 0 Å². The molecule has 2 aromatic heterocycles. The zero-order valence-corrected chi connectivity index (χ0v) is 12.6. The van der Waals surface area contributed by atoms with Crippen molar-refractivity contribution in [3.05, 3.63) is 48.1 Å². The van der Waals surface area contributed by atoms with E-state index in [1.165, 1.54) is 12.3 Å². The summed E-state index contributed by atoms with van der Waals surface area (Å²) < 4.78 is 4.81. The zero-order valence-electron chi connectivity index (χ0n) is 12.6. The molecule has 2 aromatic rings. The fourth-order valence-corrected chi connectivity index (χ4v) is 2.67. The number of aromatic nitrogens is 2. The normalized spacial score (nSPS) is 15.4. The lowest BCUT2D eigenvalue weighted by Gasteiger charge is -2.32. The van der Waals surface area contributed by atoms with Gasteiger partial charge in [0.1, 0.15) is 0 Å². The predicted octanol–water partition coefficient (Wildman–Crippen LogP) is 1.35. The first kappa shape index (κ1) is 15.2. The van der Waals surface area contributed by atoms with Gasteiger partial charge in [-0.2, -0.15) is 0 Å². The Labute approximate surface area is 133 Å². The largest absolute Gasteiger partial charge is 0.351 e. The van der Waals surface area contributed by atoms with Gasteiger partial charge < -0.3 is 14.7 Å². The first-order valence-corrected chi connectivity index (χ1v) is 7.62. The second-order valence-electron chi connectivity index (χ2n) is 5.56. The van der Waals surface area contributed by atoms with Crippen molar-refractivity contribution in [2.75, 3.05) is 19.6 Å². The van der Waals surface area contributed by atoms with Gasteiger partial charge in [-0.3, -0.25) is 14.6 Å². The lowest BCUT2D eigenvalue weighted by molar-refractivity contribution is 0.0682. The van der Waals surface area contributed by atoms with Crippen molar-refractivity contribution in [1.29, 1.82) is 0 Å². The molecule has 7 nitrogen and oxygen atoms in total. The number of carbonyl (C=O) groups is 2. The number of rotatable bonds is 4. The number of piperidine rings is 1. The van der Waals surface area contributed by atoms with Crippen LogP contribution in [0.3, 0.4) is 0 Å². The molecule has 7 heteroatoms. The van der Waals surface area contributed by atoms with E-state index in [1.54, 1.807) is 24.5 Å². The van der Waals surface area contributed by atoms with E-state index in [0.29, 0.717) is 31.1 Å². The fraction of sp³-hybridized carbons (Fsp3) is 0.375. The molecule has 1 fully saturated rings. The molecule has 0 spiro atoms. The first-order valence-electron chi connectivity index (χ1n) is 7.62. The van der Waals surface area contributed by atoms with Gasteiger partial charge >= 0.3 is 0 Å². The quantitative estimate of drug-likeness (QED) is 0.920. The molecular formula is C16H18N4O3. The molecule has 0 unspecified atom stereocenters. The number of hydrogen-bond donors (Lipinski definition) is 1. The number of likely N-dealkylation sites (tertiary alicyclic amines) is 1. The molecule has 1 N–H and O–H groups in total. The molecule has 0 aromatic carbocycles. The number of carbonyl (C=O) groups excluding carboxylic acids is 2. The van der Waals surface area contributed by atoms with E-state index < -0.39 is 0 Å². The topological polar surface area (TPSA) is 88.3 Å². The maximum atomic E-state index is 12.3. The van der Waals surface area contributed by atoms with E-state index in [-0.39, 0.29) is 17.6 Å². The Kier molecular flexibility index (Phi) is 4.65. The molecule has 1 saturated heterocycles. The third-order valence-corrected chi connectivity index (χ3v) is 4.02. The van der Waals surface area contributed by atoms with E-state index >= 15 is 0 Å². The average Bonchev–Trinajstić information content (AvgIpc) is 3.15. The van der Waals surface area contributed by atoms with Crippen LogP contribution >= 0.6 is 0 Å². The number of pyridine rings is 1. The van der Waals surface area contributed by atoms with Crippen LogP contribution in [0.2, 0.25) is 0 Å². The Hall–Kier alpha value is -2.70. The summed E-state index contributed by atoms with van der Waals surface area (Å²) in [7, 11) is 0. The highest BCUT2D eigenvalue weighted by atomic mass is 16.5. The van der Waals surface area contributed by atoms with Crippen molar-refractivity contribution >= 4 is 11.8 Å². The number of nitrogens with zero attached hydrogens (tertiary/aromatic N) is 3. The van der Waals surface area contributed by atoms with E-state index in [9.17, 15) is 9.59 Å². The maximum Gasteiger partial charge on any atom is 0.289 e. The van der Waals surface area contributed by atoms with Gasteiger partial charge in [-0.15, -0.1) is 0 Å². The van der Waals surface area contributed by atoms with E-state index in [1.807, 2.05) is 4.90 Å². The average molecular weight is 314 g/mol. The molecule has 3 rings (SSSR count). The molecule has 120 valence electrons. The van der Waals surface area contributed by atoms with E-state index in [0.717, 1.165) is 12.8 Å². The Balaban J connectivity index is 1.45.